The molecule has 0 spiro atoms. The second-order valence-electron chi connectivity index (χ2n) is 3.73. The van der Waals surface area contributed by atoms with E-state index in [9.17, 15) is 0 Å². The molecule has 0 aliphatic rings. The van der Waals surface area contributed by atoms with Gasteiger partial charge in [-0.05, 0) is 19.1 Å². The molecule has 3 heteroatoms. The number of para-hydroxylation sites is 1. The van der Waals surface area contributed by atoms with Crippen molar-refractivity contribution in [2.45, 2.75) is 6.92 Å². The van der Waals surface area contributed by atoms with Gasteiger partial charge in [0.1, 0.15) is 10.5 Å². The standard InChI is InChI=1S/C14H15N2O/c1-12-8-10-13(11-9-12)15-16(17-2)14-6-4-3-5-7-14/h3-11H,1-2H3/q+1. The molecule has 0 bridgehead atoms. The van der Waals surface area contributed by atoms with E-state index in [2.05, 4.69) is 12.0 Å². The Morgan fingerprint density at radius 2 is 1.59 bits per heavy atom. The van der Waals surface area contributed by atoms with Crippen LogP contribution in [0.2, 0.25) is 0 Å². The summed E-state index contributed by atoms with van der Waals surface area (Å²) in [5, 5.41) is 4.40. The van der Waals surface area contributed by atoms with Crippen LogP contribution >= 0.6 is 0 Å². The number of aryl methyl sites for hydroxylation is 1. The molecule has 0 unspecified atom stereocenters. The lowest BCUT2D eigenvalue weighted by molar-refractivity contribution is -0.767. The fourth-order valence-corrected chi connectivity index (χ4v) is 1.48. The Hall–Kier alpha value is -2.16. The van der Waals surface area contributed by atoms with Crippen LogP contribution < -0.4 is 0 Å². The highest BCUT2D eigenvalue weighted by atomic mass is 16.7. The molecule has 3 nitrogen and oxygen atoms in total. The molecule has 0 aliphatic heterocycles. The van der Waals surface area contributed by atoms with Gasteiger partial charge in [0.25, 0.3) is 5.69 Å². The average molecular weight is 227 g/mol. The summed E-state index contributed by atoms with van der Waals surface area (Å²) in [4.78, 5) is 6.74. The summed E-state index contributed by atoms with van der Waals surface area (Å²) in [5.41, 5.74) is 2.98. The summed E-state index contributed by atoms with van der Waals surface area (Å²) >= 11 is 0. The van der Waals surface area contributed by atoms with Crippen LogP contribution in [0.5, 0.6) is 0 Å². The first kappa shape index (κ1) is 11.3. The monoisotopic (exact) mass is 227 g/mol. The van der Waals surface area contributed by atoms with Crippen LogP contribution in [0, 0.1) is 6.92 Å². The number of rotatable bonds is 3. The predicted octanol–water partition coefficient (Wildman–Crippen LogP) is 3.98. The Bertz CT molecular complexity index is 504. The number of azo groups is 1. The molecule has 0 aliphatic carbocycles. The molecule has 2 rings (SSSR count). The molecule has 0 atom stereocenters. The van der Waals surface area contributed by atoms with Crippen molar-refractivity contribution in [3.63, 3.8) is 0 Å². The molecule has 0 saturated heterocycles. The zero-order valence-electron chi connectivity index (χ0n) is 10.00. The molecule has 0 aromatic heterocycles. The van der Waals surface area contributed by atoms with Crippen molar-refractivity contribution in [2.75, 3.05) is 7.11 Å². The summed E-state index contributed by atoms with van der Waals surface area (Å²) in [5.74, 6) is 0. The van der Waals surface area contributed by atoms with Gasteiger partial charge < -0.3 is 0 Å². The summed E-state index contributed by atoms with van der Waals surface area (Å²) in [6.45, 7) is 2.05. The van der Waals surface area contributed by atoms with Crippen LogP contribution in [0.1, 0.15) is 5.56 Å². The second kappa shape index (κ2) is 5.25. The van der Waals surface area contributed by atoms with E-state index in [-0.39, 0.29) is 0 Å². The number of hydrogen-bond acceptors (Lipinski definition) is 2. The molecular weight excluding hydrogens is 212 g/mol. The van der Waals surface area contributed by atoms with Crippen molar-refractivity contribution in [1.82, 2.24) is 0 Å². The fraction of sp³-hybridized carbons (Fsp3) is 0.143. The van der Waals surface area contributed by atoms with Crippen molar-refractivity contribution >= 4 is 11.4 Å². The van der Waals surface area contributed by atoms with Gasteiger partial charge in [0.05, 0.1) is 5.11 Å². The maximum Gasteiger partial charge on any atom is 0.289 e. The minimum atomic E-state index is 0.862. The van der Waals surface area contributed by atoms with Gasteiger partial charge in [-0.25, -0.2) is 4.84 Å². The van der Waals surface area contributed by atoms with Crippen LogP contribution in [0.4, 0.5) is 11.4 Å². The minimum absolute atomic E-state index is 0.862. The highest BCUT2D eigenvalue weighted by Crippen LogP contribution is 2.18. The highest BCUT2D eigenvalue weighted by molar-refractivity contribution is 5.37. The molecule has 0 heterocycles. The zero-order chi connectivity index (χ0) is 12.1. The summed E-state index contributed by atoms with van der Waals surface area (Å²) in [7, 11) is 1.60. The van der Waals surface area contributed by atoms with Crippen molar-refractivity contribution in [1.29, 1.82) is 0 Å². The van der Waals surface area contributed by atoms with Gasteiger partial charge in [0.2, 0.25) is 0 Å². The lowest BCUT2D eigenvalue weighted by atomic mass is 10.2. The van der Waals surface area contributed by atoms with Gasteiger partial charge in [-0.3, -0.25) is 0 Å². The van der Waals surface area contributed by atoms with Crippen LogP contribution in [0.15, 0.2) is 59.7 Å². The Balaban J connectivity index is 2.33. The summed E-state index contributed by atoms with van der Waals surface area (Å²) in [6.07, 6.45) is 0. The largest absolute Gasteiger partial charge is 0.289 e. The van der Waals surface area contributed by atoms with Crippen LogP contribution in [-0.4, -0.2) is 12.0 Å². The first-order valence-corrected chi connectivity index (χ1v) is 5.47. The van der Waals surface area contributed by atoms with E-state index in [1.165, 1.54) is 10.4 Å². The fourth-order valence-electron chi connectivity index (χ4n) is 1.48. The van der Waals surface area contributed by atoms with E-state index in [1.807, 2.05) is 54.6 Å². The van der Waals surface area contributed by atoms with E-state index in [4.69, 9.17) is 4.84 Å². The van der Waals surface area contributed by atoms with Gasteiger partial charge in [0.15, 0.2) is 7.11 Å². The molecule has 86 valence electrons. The third-order valence-electron chi connectivity index (χ3n) is 2.39. The molecule has 0 N–H and O–H groups in total. The minimum Gasteiger partial charge on any atom is -0.248 e. The molecule has 0 radical (unpaired) electrons. The smallest absolute Gasteiger partial charge is 0.248 e. The number of hydrogen-bond donors (Lipinski definition) is 0. The number of benzene rings is 2. The van der Waals surface area contributed by atoms with E-state index < -0.39 is 0 Å². The third-order valence-corrected chi connectivity index (χ3v) is 2.39. The Morgan fingerprint density at radius 1 is 0.941 bits per heavy atom. The topological polar surface area (TPSA) is 24.6 Å². The van der Waals surface area contributed by atoms with Gasteiger partial charge in [-0.2, -0.15) is 0 Å². The summed E-state index contributed by atoms with van der Waals surface area (Å²) < 4.78 is 0. The second-order valence-corrected chi connectivity index (χ2v) is 3.73. The normalized spacial score (nSPS) is 11.3. The SMILES string of the molecule is CO[N+](=Nc1ccc(C)cc1)c1ccccc1. The Labute approximate surface area is 101 Å². The van der Waals surface area contributed by atoms with Crippen molar-refractivity contribution in [2.24, 2.45) is 5.11 Å². The van der Waals surface area contributed by atoms with E-state index in [0.717, 1.165) is 11.4 Å². The first-order chi connectivity index (χ1) is 8.29. The van der Waals surface area contributed by atoms with E-state index in [1.54, 1.807) is 7.11 Å². The quantitative estimate of drug-likeness (QED) is 0.442. The maximum absolute atomic E-state index is 5.24. The Morgan fingerprint density at radius 3 is 2.18 bits per heavy atom. The number of nitrogens with zero attached hydrogens (tertiary/aromatic N) is 2. The molecule has 2 aromatic rings. The van der Waals surface area contributed by atoms with Crippen molar-refractivity contribution in [3.8, 4) is 0 Å². The van der Waals surface area contributed by atoms with Crippen LogP contribution in [0.3, 0.4) is 0 Å². The lowest BCUT2D eigenvalue weighted by Crippen LogP contribution is -1.99. The summed E-state index contributed by atoms with van der Waals surface area (Å²) in [6, 6.07) is 17.7. The highest BCUT2D eigenvalue weighted by Gasteiger charge is 2.11. The molecular formula is C14H15N2O+. The van der Waals surface area contributed by atoms with Gasteiger partial charge in [0, 0.05) is 12.1 Å². The Kier molecular flexibility index (Phi) is 3.50. The van der Waals surface area contributed by atoms with E-state index in [0.29, 0.717) is 0 Å². The molecule has 0 amide bonds. The predicted molar refractivity (Wildman–Crippen MR) is 66.6 cm³/mol. The third kappa shape index (κ3) is 2.91. The van der Waals surface area contributed by atoms with Gasteiger partial charge in [-0.15, -0.1) is 0 Å². The molecule has 17 heavy (non-hydrogen) atoms. The zero-order valence-corrected chi connectivity index (χ0v) is 10.00. The average Bonchev–Trinajstić information content (AvgIpc) is 2.39. The van der Waals surface area contributed by atoms with Gasteiger partial charge >= 0.3 is 0 Å². The molecule has 0 saturated carbocycles. The van der Waals surface area contributed by atoms with E-state index >= 15 is 0 Å². The van der Waals surface area contributed by atoms with Crippen LogP contribution in [0.25, 0.3) is 0 Å². The van der Waals surface area contributed by atoms with Gasteiger partial charge in [-0.1, -0.05) is 35.9 Å². The lowest BCUT2D eigenvalue weighted by Gasteiger charge is -1.95. The van der Waals surface area contributed by atoms with Crippen LogP contribution in [-0.2, 0) is 4.84 Å². The maximum atomic E-state index is 5.24. The molecule has 2 aromatic carbocycles. The van der Waals surface area contributed by atoms with Crippen molar-refractivity contribution in [3.05, 3.63) is 60.2 Å². The first-order valence-electron chi connectivity index (χ1n) is 5.47. The molecule has 0 fully saturated rings. The van der Waals surface area contributed by atoms with Crippen molar-refractivity contribution < 1.29 is 9.70 Å².